The second kappa shape index (κ2) is 7.06. The van der Waals surface area contributed by atoms with Crippen molar-refractivity contribution in [1.82, 2.24) is 20.1 Å². The van der Waals surface area contributed by atoms with Crippen LogP contribution >= 0.6 is 12.2 Å². The quantitative estimate of drug-likeness (QED) is 0.843. The molecule has 6 nitrogen and oxygen atoms in total. The van der Waals surface area contributed by atoms with Gasteiger partial charge in [0.25, 0.3) is 0 Å². The molecule has 2 N–H and O–H groups in total. The van der Waals surface area contributed by atoms with E-state index in [1.807, 2.05) is 37.4 Å². The van der Waals surface area contributed by atoms with Crippen LogP contribution < -0.4 is 5.32 Å². The fourth-order valence-corrected chi connectivity index (χ4v) is 3.01. The number of carbonyl (C=O) groups excluding carboxylic acids is 1. The van der Waals surface area contributed by atoms with Gasteiger partial charge in [0.1, 0.15) is 0 Å². The lowest BCUT2D eigenvalue weighted by Crippen LogP contribution is -2.37. The van der Waals surface area contributed by atoms with Gasteiger partial charge in [-0.25, -0.2) is 0 Å². The van der Waals surface area contributed by atoms with Crippen molar-refractivity contribution in [3.8, 4) is 0 Å². The highest BCUT2D eigenvalue weighted by molar-refractivity contribution is 7.71. The van der Waals surface area contributed by atoms with Gasteiger partial charge in [-0.1, -0.05) is 30.3 Å². The van der Waals surface area contributed by atoms with Crippen molar-refractivity contribution in [2.45, 2.75) is 25.5 Å². The molecular weight excluding hydrogens is 312 g/mol. The number of benzene rings is 1. The summed E-state index contributed by atoms with van der Waals surface area (Å²) in [4.78, 5) is 12.6. The van der Waals surface area contributed by atoms with Crippen LogP contribution in [-0.4, -0.2) is 27.3 Å². The predicted molar refractivity (Wildman–Crippen MR) is 88.1 cm³/mol. The van der Waals surface area contributed by atoms with Gasteiger partial charge in [0, 0.05) is 13.7 Å². The summed E-state index contributed by atoms with van der Waals surface area (Å²) in [5.74, 6) is 0.516. The van der Waals surface area contributed by atoms with Crippen LogP contribution in [0.2, 0.25) is 0 Å². The zero-order chi connectivity index (χ0) is 16.2. The average molecular weight is 332 g/mol. The van der Waals surface area contributed by atoms with Crippen molar-refractivity contribution in [2.75, 3.05) is 6.61 Å². The highest BCUT2D eigenvalue weighted by Crippen LogP contribution is 2.33. The average Bonchev–Trinajstić information content (AvgIpc) is 2.92. The Balaban J connectivity index is 1.69. The van der Waals surface area contributed by atoms with Crippen molar-refractivity contribution in [2.24, 2.45) is 13.0 Å². The molecular formula is C16H20N4O2S. The van der Waals surface area contributed by atoms with Crippen molar-refractivity contribution in [3.05, 3.63) is 46.5 Å². The van der Waals surface area contributed by atoms with Crippen LogP contribution in [0.3, 0.4) is 0 Å². The van der Waals surface area contributed by atoms with E-state index in [1.165, 1.54) is 0 Å². The number of amides is 1. The Morgan fingerprint density at radius 1 is 1.48 bits per heavy atom. The van der Waals surface area contributed by atoms with Gasteiger partial charge in [0.2, 0.25) is 5.91 Å². The minimum absolute atomic E-state index is 0.00697. The molecule has 1 fully saturated rings. The molecule has 0 spiro atoms. The third-order valence-corrected chi connectivity index (χ3v) is 4.55. The van der Waals surface area contributed by atoms with E-state index in [0.29, 0.717) is 23.7 Å². The second-order valence-electron chi connectivity index (χ2n) is 5.67. The van der Waals surface area contributed by atoms with Crippen LogP contribution in [0, 0.1) is 10.7 Å². The van der Waals surface area contributed by atoms with E-state index in [0.717, 1.165) is 18.4 Å². The maximum atomic E-state index is 12.6. The summed E-state index contributed by atoms with van der Waals surface area (Å²) < 4.78 is 8.16. The molecule has 2 unspecified atom stereocenters. The zero-order valence-corrected chi connectivity index (χ0v) is 13.8. The minimum Gasteiger partial charge on any atom is -0.373 e. The summed E-state index contributed by atoms with van der Waals surface area (Å²) >= 11 is 5.07. The van der Waals surface area contributed by atoms with E-state index < -0.39 is 0 Å². The van der Waals surface area contributed by atoms with Gasteiger partial charge in [-0.05, 0) is 30.6 Å². The molecule has 1 aliphatic rings. The van der Waals surface area contributed by atoms with E-state index in [-0.39, 0.29) is 17.9 Å². The van der Waals surface area contributed by atoms with Crippen LogP contribution in [0.15, 0.2) is 30.3 Å². The Hall–Kier alpha value is -1.99. The molecule has 122 valence electrons. The summed E-state index contributed by atoms with van der Waals surface area (Å²) in [6.07, 6.45) is 1.53. The number of nitrogens with zero attached hydrogens (tertiary/aromatic N) is 2. The SMILES string of the molecule is Cn1c(CNC(=O)C2CCCOC2c2ccccc2)n[nH]c1=S. The first-order chi connectivity index (χ1) is 11.2. The van der Waals surface area contributed by atoms with Crippen LogP contribution in [0.4, 0.5) is 0 Å². The van der Waals surface area contributed by atoms with Gasteiger partial charge in [-0.3, -0.25) is 9.89 Å². The summed E-state index contributed by atoms with van der Waals surface area (Å²) in [7, 11) is 1.82. The minimum atomic E-state index is -0.188. The Kier molecular flexibility index (Phi) is 4.88. The standard InChI is InChI=1S/C16H20N4O2S/c1-20-13(18-19-16(20)23)10-17-15(21)12-8-5-9-22-14(12)11-6-3-2-4-7-11/h2-4,6-7,12,14H,5,8-10H2,1H3,(H,17,21)(H,19,23). The molecule has 1 amide bonds. The lowest BCUT2D eigenvalue weighted by atomic mass is 9.89. The number of carbonyl (C=O) groups is 1. The highest BCUT2D eigenvalue weighted by Gasteiger charge is 2.32. The number of aromatic amines is 1. The summed E-state index contributed by atoms with van der Waals surface area (Å²) in [5, 5.41) is 9.78. The highest BCUT2D eigenvalue weighted by atomic mass is 32.1. The van der Waals surface area contributed by atoms with Gasteiger partial charge in [0.05, 0.1) is 18.6 Å². The molecule has 1 aromatic heterocycles. The third kappa shape index (κ3) is 3.51. The summed E-state index contributed by atoms with van der Waals surface area (Å²) in [5.41, 5.74) is 1.05. The fourth-order valence-electron chi connectivity index (χ4n) is 2.86. The third-order valence-electron chi connectivity index (χ3n) is 4.18. The second-order valence-corrected chi connectivity index (χ2v) is 6.06. The number of nitrogens with one attached hydrogen (secondary N) is 2. The molecule has 3 rings (SSSR count). The summed E-state index contributed by atoms with van der Waals surface area (Å²) in [6, 6.07) is 9.92. The van der Waals surface area contributed by atoms with Crippen molar-refractivity contribution in [1.29, 1.82) is 0 Å². The van der Waals surface area contributed by atoms with Crippen LogP contribution in [0.25, 0.3) is 0 Å². The molecule has 0 bridgehead atoms. The number of H-pyrrole nitrogens is 1. The normalized spacial score (nSPS) is 21.1. The number of rotatable bonds is 4. The Labute approximate surface area is 139 Å². The van der Waals surface area contributed by atoms with Crippen LogP contribution in [0.1, 0.15) is 30.3 Å². The molecule has 0 radical (unpaired) electrons. The van der Waals surface area contributed by atoms with Gasteiger partial charge in [-0.2, -0.15) is 5.10 Å². The lowest BCUT2D eigenvalue weighted by Gasteiger charge is -2.31. The number of aromatic nitrogens is 3. The Morgan fingerprint density at radius 3 is 2.96 bits per heavy atom. The van der Waals surface area contributed by atoms with Gasteiger partial charge in [0.15, 0.2) is 10.6 Å². The molecule has 1 aromatic carbocycles. The first-order valence-electron chi connectivity index (χ1n) is 7.71. The smallest absolute Gasteiger partial charge is 0.226 e. The summed E-state index contributed by atoms with van der Waals surface area (Å²) in [6.45, 7) is 1.04. The first-order valence-corrected chi connectivity index (χ1v) is 8.12. The number of ether oxygens (including phenoxy) is 1. The molecule has 1 saturated heterocycles. The zero-order valence-electron chi connectivity index (χ0n) is 13.0. The molecule has 2 aromatic rings. The Bertz CT molecular complexity index is 725. The van der Waals surface area contributed by atoms with Crippen molar-refractivity contribution >= 4 is 18.1 Å². The lowest BCUT2D eigenvalue weighted by molar-refractivity contribution is -0.135. The van der Waals surface area contributed by atoms with Crippen molar-refractivity contribution in [3.63, 3.8) is 0 Å². The van der Waals surface area contributed by atoms with E-state index >= 15 is 0 Å². The maximum Gasteiger partial charge on any atom is 0.226 e. The predicted octanol–water partition coefficient (Wildman–Crippen LogP) is 2.26. The largest absolute Gasteiger partial charge is 0.373 e. The van der Waals surface area contributed by atoms with Gasteiger partial charge in [-0.15, -0.1) is 0 Å². The van der Waals surface area contributed by atoms with E-state index in [4.69, 9.17) is 17.0 Å². The molecule has 1 aliphatic heterocycles. The Morgan fingerprint density at radius 2 is 2.26 bits per heavy atom. The molecule has 0 aliphatic carbocycles. The van der Waals surface area contributed by atoms with Crippen molar-refractivity contribution < 1.29 is 9.53 Å². The topological polar surface area (TPSA) is 71.9 Å². The molecule has 2 atom stereocenters. The number of hydrogen-bond donors (Lipinski definition) is 2. The van der Waals surface area contributed by atoms with Crippen LogP contribution in [0.5, 0.6) is 0 Å². The maximum absolute atomic E-state index is 12.6. The monoisotopic (exact) mass is 332 g/mol. The van der Waals surface area contributed by atoms with Crippen LogP contribution in [-0.2, 0) is 23.1 Å². The van der Waals surface area contributed by atoms with E-state index in [9.17, 15) is 4.79 Å². The van der Waals surface area contributed by atoms with E-state index in [2.05, 4.69) is 15.5 Å². The van der Waals surface area contributed by atoms with Gasteiger partial charge < -0.3 is 14.6 Å². The molecule has 0 saturated carbocycles. The molecule has 23 heavy (non-hydrogen) atoms. The first kappa shape index (κ1) is 15.9. The van der Waals surface area contributed by atoms with Gasteiger partial charge >= 0.3 is 0 Å². The van der Waals surface area contributed by atoms with E-state index in [1.54, 1.807) is 4.57 Å². The molecule has 7 heteroatoms. The number of hydrogen-bond acceptors (Lipinski definition) is 4. The molecule has 2 heterocycles. The fraction of sp³-hybridized carbons (Fsp3) is 0.438.